The minimum atomic E-state index is -0.328. The zero-order valence-corrected chi connectivity index (χ0v) is 14.3. The Hall–Kier alpha value is -2.56. The van der Waals surface area contributed by atoms with Crippen LogP contribution in [0, 0.1) is 6.92 Å². The lowest BCUT2D eigenvalue weighted by Crippen LogP contribution is -2.24. The van der Waals surface area contributed by atoms with Crippen LogP contribution in [-0.2, 0) is 4.74 Å². The normalized spacial score (nSPS) is 11.6. The van der Waals surface area contributed by atoms with Gasteiger partial charge in [-0.2, -0.15) is 0 Å². The quantitative estimate of drug-likeness (QED) is 0.689. The first-order valence-corrected chi connectivity index (χ1v) is 8.11. The van der Waals surface area contributed by atoms with E-state index in [0.717, 1.165) is 17.9 Å². The van der Waals surface area contributed by atoms with Crippen LogP contribution in [0.4, 0.5) is 0 Å². The van der Waals surface area contributed by atoms with Gasteiger partial charge in [-0.25, -0.2) is 4.79 Å². The zero-order chi connectivity index (χ0) is 17.4. The number of esters is 1. The molecule has 0 bridgehead atoms. The molecule has 2 rings (SSSR count). The summed E-state index contributed by atoms with van der Waals surface area (Å²) in [4.78, 5) is 15.8. The van der Waals surface area contributed by atoms with E-state index in [1.54, 1.807) is 37.4 Å². The van der Waals surface area contributed by atoms with E-state index < -0.39 is 0 Å². The molecule has 2 aromatic rings. The molecule has 1 atom stereocenters. The second-order valence-corrected chi connectivity index (χ2v) is 5.34. The molecule has 5 heteroatoms. The average Bonchev–Trinajstić information content (AvgIpc) is 2.61. The summed E-state index contributed by atoms with van der Waals surface area (Å²) in [5, 5.41) is 0. The molecule has 0 saturated carbocycles. The molecule has 0 radical (unpaired) electrons. The van der Waals surface area contributed by atoms with Crippen LogP contribution in [0.15, 0.2) is 42.6 Å². The standard InChI is InChI=1S/C19H23NO4/c1-4-16(24-18-9-6-14(3)20-12-18)13-23-17-10-7-15(8-11-17)19(21)22-5-2/h6-12,16H,4-5,13H2,1-3H3. The van der Waals surface area contributed by atoms with Crippen molar-refractivity contribution in [1.82, 2.24) is 4.98 Å². The molecular weight excluding hydrogens is 306 g/mol. The largest absolute Gasteiger partial charge is 0.490 e. The van der Waals surface area contributed by atoms with Crippen LogP contribution in [0.1, 0.15) is 36.3 Å². The van der Waals surface area contributed by atoms with Crippen molar-refractivity contribution < 1.29 is 19.0 Å². The van der Waals surface area contributed by atoms with Crippen molar-refractivity contribution in [2.75, 3.05) is 13.2 Å². The summed E-state index contributed by atoms with van der Waals surface area (Å²) < 4.78 is 16.6. The van der Waals surface area contributed by atoms with Crippen LogP contribution in [0.3, 0.4) is 0 Å². The fourth-order valence-corrected chi connectivity index (χ4v) is 2.04. The third kappa shape index (κ3) is 5.26. The number of nitrogens with zero attached hydrogens (tertiary/aromatic N) is 1. The fourth-order valence-electron chi connectivity index (χ4n) is 2.04. The maximum absolute atomic E-state index is 11.6. The van der Waals surface area contributed by atoms with Crippen molar-refractivity contribution in [3.63, 3.8) is 0 Å². The summed E-state index contributed by atoms with van der Waals surface area (Å²) in [6, 6.07) is 10.7. The van der Waals surface area contributed by atoms with Crippen LogP contribution >= 0.6 is 0 Å². The summed E-state index contributed by atoms with van der Waals surface area (Å²) in [5.74, 6) is 1.09. The van der Waals surface area contributed by atoms with E-state index >= 15 is 0 Å². The molecule has 128 valence electrons. The Kier molecular flexibility index (Phi) is 6.61. The molecular formula is C19H23NO4. The summed E-state index contributed by atoms with van der Waals surface area (Å²) >= 11 is 0. The first kappa shape index (κ1) is 17.8. The van der Waals surface area contributed by atoms with E-state index in [1.165, 1.54) is 0 Å². The summed E-state index contributed by atoms with van der Waals surface area (Å²) in [6.45, 7) is 6.54. The molecule has 0 aliphatic heterocycles. The van der Waals surface area contributed by atoms with Crippen LogP contribution in [0.5, 0.6) is 11.5 Å². The van der Waals surface area contributed by atoms with Gasteiger partial charge < -0.3 is 14.2 Å². The maximum Gasteiger partial charge on any atom is 0.338 e. The topological polar surface area (TPSA) is 57.7 Å². The lowest BCUT2D eigenvalue weighted by molar-refractivity contribution is 0.0526. The Balaban J connectivity index is 1.88. The first-order valence-electron chi connectivity index (χ1n) is 8.11. The van der Waals surface area contributed by atoms with E-state index in [2.05, 4.69) is 4.98 Å². The molecule has 0 saturated heterocycles. The second kappa shape index (κ2) is 8.91. The Bertz CT molecular complexity index is 637. The summed E-state index contributed by atoms with van der Waals surface area (Å²) in [5.41, 5.74) is 1.46. The number of aryl methyl sites for hydroxylation is 1. The van der Waals surface area contributed by atoms with Gasteiger partial charge in [0, 0.05) is 5.69 Å². The fraction of sp³-hybridized carbons (Fsp3) is 0.368. The minimum absolute atomic E-state index is 0.0701. The third-order valence-electron chi connectivity index (χ3n) is 3.44. The van der Waals surface area contributed by atoms with Crippen LogP contribution < -0.4 is 9.47 Å². The van der Waals surface area contributed by atoms with Crippen LogP contribution in [0.2, 0.25) is 0 Å². The van der Waals surface area contributed by atoms with E-state index in [4.69, 9.17) is 14.2 Å². The van der Waals surface area contributed by atoms with Gasteiger partial charge in [-0.05, 0) is 56.7 Å². The van der Waals surface area contributed by atoms with E-state index in [1.807, 2.05) is 26.0 Å². The summed E-state index contributed by atoms with van der Waals surface area (Å²) in [7, 11) is 0. The first-order chi connectivity index (χ1) is 11.6. The highest BCUT2D eigenvalue weighted by molar-refractivity contribution is 5.89. The number of rotatable bonds is 8. The van der Waals surface area contributed by atoms with Gasteiger partial charge in [0.15, 0.2) is 0 Å². The Labute approximate surface area is 142 Å². The summed E-state index contributed by atoms with van der Waals surface area (Å²) in [6.07, 6.45) is 2.46. The maximum atomic E-state index is 11.6. The molecule has 1 heterocycles. The zero-order valence-electron chi connectivity index (χ0n) is 14.3. The SMILES string of the molecule is CCOC(=O)c1ccc(OCC(CC)Oc2ccc(C)nc2)cc1. The molecule has 0 aliphatic carbocycles. The van der Waals surface area contributed by atoms with E-state index in [9.17, 15) is 4.79 Å². The van der Waals surface area contributed by atoms with Crippen LogP contribution in [-0.4, -0.2) is 30.3 Å². The highest BCUT2D eigenvalue weighted by Gasteiger charge is 2.11. The monoisotopic (exact) mass is 329 g/mol. The smallest absolute Gasteiger partial charge is 0.338 e. The van der Waals surface area contributed by atoms with Crippen molar-refractivity contribution >= 4 is 5.97 Å². The van der Waals surface area contributed by atoms with Crippen molar-refractivity contribution in [2.24, 2.45) is 0 Å². The molecule has 0 aliphatic rings. The highest BCUT2D eigenvalue weighted by atomic mass is 16.5. The number of benzene rings is 1. The molecule has 24 heavy (non-hydrogen) atoms. The second-order valence-electron chi connectivity index (χ2n) is 5.34. The molecule has 1 aromatic heterocycles. The van der Waals surface area contributed by atoms with Gasteiger partial charge in [-0.15, -0.1) is 0 Å². The molecule has 1 aromatic carbocycles. The number of ether oxygens (including phenoxy) is 3. The van der Waals surface area contributed by atoms with Gasteiger partial charge in [-0.1, -0.05) is 6.92 Å². The average molecular weight is 329 g/mol. The lowest BCUT2D eigenvalue weighted by atomic mass is 10.2. The third-order valence-corrected chi connectivity index (χ3v) is 3.44. The number of carbonyl (C=O) groups is 1. The number of aromatic nitrogens is 1. The molecule has 0 amide bonds. The minimum Gasteiger partial charge on any atom is -0.490 e. The molecule has 5 nitrogen and oxygen atoms in total. The van der Waals surface area contributed by atoms with E-state index in [-0.39, 0.29) is 12.1 Å². The predicted octanol–water partition coefficient (Wildman–Crippen LogP) is 3.80. The van der Waals surface area contributed by atoms with Gasteiger partial charge in [0.1, 0.15) is 24.2 Å². The number of pyridine rings is 1. The van der Waals surface area contributed by atoms with Crippen molar-refractivity contribution in [3.05, 3.63) is 53.9 Å². The van der Waals surface area contributed by atoms with Crippen molar-refractivity contribution in [1.29, 1.82) is 0 Å². The number of hydrogen-bond donors (Lipinski definition) is 0. The number of hydrogen-bond acceptors (Lipinski definition) is 5. The molecule has 0 spiro atoms. The van der Waals surface area contributed by atoms with E-state index in [0.29, 0.717) is 24.5 Å². The molecule has 0 fully saturated rings. The van der Waals surface area contributed by atoms with Crippen LogP contribution in [0.25, 0.3) is 0 Å². The lowest BCUT2D eigenvalue weighted by Gasteiger charge is -2.18. The van der Waals surface area contributed by atoms with Gasteiger partial charge in [0.05, 0.1) is 18.4 Å². The van der Waals surface area contributed by atoms with Crippen molar-refractivity contribution in [2.45, 2.75) is 33.3 Å². The number of carbonyl (C=O) groups excluding carboxylic acids is 1. The Morgan fingerprint density at radius 2 is 1.79 bits per heavy atom. The van der Waals surface area contributed by atoms with Gasteiger partial charge in [-0.3, -0.25) is 4.98 Å². The predicted molar refractivity (Wildman–Crippen MR) is 91.6 cm³/mol. The van der Waals surface area contributed by atoms with Gasteiger partial charge >= 0.3 is 5.97 Å². The Morgan fingerprint density at radius 3 is 2.38 bits per heavy atom. The van der Waals surface area contributed by atoms with Crippen molar-refractivity contribution in [3.8, 4) is 11.5 Å². The Morgan fingerprint density at radius 1 is 1.08 bits per heavy atom. The van der Waals surface area contributed by atoms with Gasteiger partial charge in [0.25, 0.3) is 0 Å². The molecule has 0 N–H and O–H groups in total. The highest BCUT2D eigenvalue weighted by Crippen LogP contribution is 2.16. The van der Waals surface area contributed by atoms with Gasteiger partial charge in [0.2, 0.25) is 0 Å². The molecule has 1 unspecified atom stereocenters.